The van der Waals surface area contributed by atoms with Crippen LogP contribution in [0.3, 0.4) is 0 Å². The lowest BCUT2D eigenvalue weighted by Crippen LogP contribution is -2.16. The summed E-state index contributed by atoms with van der Waals surface area (Å²) >= 11 is 0. The molecule has 0 saturated carbocycles. The molecule has 0 spiro atoms. The molecular weight excluding hydrogens is 260 g/mol. The third kappa shape index (κ3) is 12.8. The van der Waals surface area contributed by atoms with Crippen LogP contribution in [0.25, 0.3) is 0 Å². The number of carbonyl (C=O) groups excluding carboxylic acids is 2. The van der Waals surface area contributed by atoms with Crippen LogP contribution in [0.2, 0.25) is 0 Å². The van der Waals surface area contributed by atoms with Gasteiger partial charge in [-0.3, -0.25) is 0 Å². The van der Waals surface area contributed by atoms with Crippen LogP contribution in [-0.2, 0) is 23.8 Å². The molecule has 0 aromatic carbocycles. The van der Waals surface area contributed by atoms with Crippen molar-refractivity contribution in [2.24, 2.45) is 0 Å². The number of esters is 2. The maximum atomic E-state index is 10.7. The summed E-state index contributed by atoms with van der Waals surface area (Å²) in [6.07, 6.45) is 1.48. The highest BCUT2D eigenvalue weighted by molar-refractivity contribution is 5.87. The van der Waals surface area contributed by atoms with Crippen LogP contribution in [0.5, 0.6) is 0 Å². The molecule has 0 radical (unpaired) electrons. The highest BCUT2D eigenvalue weighted by Crippen LogP contribution is 1.97. The van der Waals surface area contributed by atoms with Gasteiger partial charge < -0.3 is 14.2 Å². The van der Waals surface area contributed by atoms with Gasteiger partial charge in [-0.1, -0.05) is 26.5 Å². The minimum atomic E-state index is -0.496. The molecule has 116 valence electrons. The second-order valence-electron chi connectivity index (χ2n) is 4.26. The lowest BCUT2D eigenvalue weighted by Gasteiger charge is -2.09. The Kier molecular flexibility index (Phi) is 12.8. The molecule has 20 heavy (non-hydrogen) atoms. The van der Waals surface area contributed by atoms with Gasteiger partial charge in [0.1, 0.15) is 0 Å². The number of carbonyl (C=O) groups is 2. The Morgan fingerprint density at radius 1 is 1.10 bits per heavy atom. The van der Waals surface area contributed by atoms with Gasteiger partial charge in [-0.15, -0.1) is 0 Å². The number of hydrogen-bond acceptors (Lipinski definition) is 5. The van der Waals surface area contributed by atoms with Gasteiger partial charge in [0, 0.05) is 18.3 Å². The van der Waals surface area contributed by atoms with Gasteiger partial charge in [-0.2, -0.15) is 0 Å². The van der Waals surface area contributed by atoms with Crippen LogP contribution < -0.4 is 0 Å². The zero-order chi connectivity index (χ0) is 16.1. The number of hydrogen-bond donors (Lipinski definition) is 0. The fourth-order valence-electron chi connectivity index (χ4n) is 0.732. The summed E-state index contributed by atoms with van der Waals surface area (Å²) in [5, 5.41) is 0. The highest BCUT2D eigenvalue weighted by Gasteiger charge is 2.07. The number of ether oxygens (including phenoxy) is 3. The van der Waals surface area contributed by atoms with Gasteiger partial charge >= 0.3 is 11.9 Å². The maximum Gasteiger partial charge on any atom is 0.335 e. The van der Waals surface area contributed by atoms with E-state index >= 15 is 0 Å². The standard InChI is InChI=1S/C8H14O2.C7H12O3/c1-4-5-6-10-8(9)7(2)3;1-5(2)7(8)10-6(3)9-4/h2,4-6H2,1,3H3;6H,1H2,2-4H3. The SMILES string of the molecule is C=C(C)C(=O)OC(C)OC.C=C(C)C(=O)OCCCC. The summed E-state index contributed by atoms with van der Waals surface area (Å²) < 4.78 is 14.2. The van der Waals surface area contributed by atoms with E-state index in [-0.39, 0.29) is 5.97 Å². The van der Waals surface area contributed by atoms with Crippen molar-refractivity contribution >= 4 is 11.9 Å². The van der Waals surface area contributed by atoms with Gasteiger partial charge in [-0.25, -0.2) is 9.59 Å². The Bertz CT molecular complexity index is 333. The molecular formula is C15H26O5. The van der Waals surface area contributed by atoms with Gasteiger partial charge in [0.15, 0.2) is 6.29 Å². The number of methoxy groups -OCH3 is 1. The molecule has 5 heteroatoms. The quantitative estimate of drug-likeness (QED) is 0.311. The summed E-state index contributed by atoms with van der Waals surface area (Å²) in [7, 11) is 1.47. The molecule has 5 nitrogen and oxygen atoms in total. The molecule has 0 rings (SSSR count). The van der Waals surface area contributed by atoms with Gasteiger partial charge in [0.25, 0.3) is 0 Å². The van der Waals surface area contributed by atoms with E-state index in [0.29, 0.717) is 17.8 Å². The molecule has 1 unspecified atom stereocenters. The Hall–Kier alpha value is -1.62. The molecule has 0 aromatic rings. The van der Waals surface area contributed by atoms with Gasteiger partial charge in [0.05, 0.1) is 6.61 Å². The summed E-state index contributed by atoms with van der Waals surface area (Å²) in [5.41, 5.74) is 0.847. The van der Waals surface area contributed by atoms with E-state index in [2.05, 4.69) is 24.8 Å². The van der Waals surface area contributed by atoms with Crippen LogP contribution in [0.15, 0.2) is 24.3 Å². The molecule has 0 saturated heterocycles. The van der Waals surface area contributed by atoms with E-state index in [1.165, 1.54) is 7.11 Å². The van der Waals surface area contributed by atoms with Gasteiger partial charge in [0.2, 0.25) is 0 Å². The third-order valence-corrected chi connectivity index (χ3v) is 2.03. The summed E-state index contributed by atoms with van der Waals surface area (Å²) in [4.78, 5) is 21.4. The highest BCUT2D eigenvalue weighted by atomic mass is 16.7. The molecule has 0 fully saturated rings. The maximum absolute atomic E-state index is 10.7. The van der Waals surface area contributed by atoms with E-state index in [0.717, 1.165) is 12.8 Å². The van der Waals surface area contributed by atoms with Gasteiger partial charge in [-0.05, 0) is 27.2 Å². The van der Waals surface area contributed by atoms with E-state index in [1.807, 2.05) is 0 Å². The Balaban J connectivity index is 0. The molecule has 0 aromatic heterocycles. The average Bonchev–Trinajstić information content (AvgIpc) is 2.39. The Morgan fingerprint density at radius 2 is 1.60 bits per heavy atom. The zero-order valence-corrected chi connectivity index (χ0v) is 13.2. The first-order chi connectivity index (χ1) is 9.26. The van der Waals surface area contributed by atoms with Crippen molar-refractivity contribution in [1.82, 2.24) is 0 Å². The summed E-state index contributed by atoms with van der Waals surface area (Å²) in [6, 6.07) is 0. The van der Waals surface area contributed by atoms with Crippen molar-refractivity contribution in [3.63, 3.8) is 0 Å². The lowest BCUT2D eigenvalue weighted by atomic mass is 10.3. The van der Waals surface area contributed by atoms with Crippen LogP contribution >= 0.6 is 0 Å². The van der Waals surface area contributed by atoms with Crippen molar-refractivity contribution in [1.29, 1.82) is 0 Å². The molecule has 0 aliphatic rings. The minimum Gasteiger partial charge on any atom is -0.462 e. The van der Waals surface area contributed by atoms with Crippen molar-refractivity contribution in [3.05, 3.63) is 24.3 Å². The third-order valence-electron chi connectivity index (χ3n) is 2.03. The predicted molar refractivity (Wildman–Crippen MR) is 78.1 cm³/mol. The summed E-state index contributed by atoms with van der Waals surface area (Å²) in [6.45, 7) is 14.3. The van der Waals surface area contributed by atoms with Crippen LogP contribution in [0, 0.1) is 0 Å². The van der Waals surface area contributed by atoms with Crippen LogP contribution in [0.1, 0.15) is 40.5 Å². The Labute approximate surface area is 121 Å². The average molecular weight is 286 g/mol. The predicted octanol–water partition coefficient (Wildman–Crippen LogP) is 3.00. The molecule has 0 N–H and O–H groups in total. The molecule has 0 heterocycles. The van der Waals surface area contributed by atoms with E-state index in [1.54, 1.807) is 20.8 Å². The van der Waals surface area contributed by atoms with Crippen molar-refractivity contribution in [2.75, 3.05) is 13.7 Å². The number of unbranched alkanes of at least 4 members (excludes halogenated alkanes) is 1. The van der Waals surface area contributed by atoms with E-state index in [4.69, 9.17) is 9.47 Å². The monoisotopic (exact) mass is 286 g/mol. The fourth-order valence-corrected chi connectivity index (χ4v) is 0.732. The largest absolute Gasteiger partial charge is 0.462 e. The smallest absolute Gasteiger partial charge is 0.335 e. The van der Waals surface area contributed by atoms with Crippen LogP contribution in [0.4, 0.5) is 0 Å². The number of rotatable bonds is 7. The van der Waals surface area contributed by atoms with Crippen molar-refractivity contribution in [3.8, 4) is 0 Å². The van der Waals surface area contributed by atoms with E-state index < -0.39 is 12.3 Å². The minimum absolute atomic E-state index is 0.284. The van der Waals surface area contributed by atoms with Crippen molar-refractivity contribution < 1.29 is 23.8 Å². The lowest BCUT2D eigenvalue weighted by molar-refractivity contribution is -0.164. The topological polar surface area (TPSA) is 61.8 Å². The molecule has 0 aliphatic carbocycles. The second-order valence-corrected chi connectivity index (χ2v) is 4.26. The first-order valence-electron chi connectivity index (χ1n) is 6.48. The fraction of sp³-hybridized carbons (Fsp3) is 0.600. The molecule has 0 aliphatic heterocycles. The molecule has 1 atom stereocenters. The van der Waals surface area contributed by atoms with Crippen LogP contribution in [-0.4, -0.2) is 31.9 Å². The first kappa shape index (κ1) is 20.7. The summed E-state index contributed by atoms with van der Waals surface area (Å²) in [5.74, 6) is -0.706. The molecule has 0 bridgehead atoms. The normalized spacial score (nSPS) is 10.7. The zero-order valence-electron chi connectivity index (χ0n) is 13.2. The van der Waals surface area contributed by atoms with Crippen molar-refractivity contribution in [2.45, 2.75) is 46.8 Å². The first-order valence-corrected chi connectivity index (χ1v) is 6.48. The van der Waals surface area contributed by atoms with E-state index in [9.17, 15) is 9.59 Å². The Morgan fingerprint density at radius 3 is 1.95 bits per heavy atom. The second kappa shape index (κ2) is 12.4. The molecule has 0 amide bonds.